The Bertz CT molecular complexity index is 829. The first-order valence-corrected chi connectivity index (χ1v) is 7.63. The van der Waals surface area contributed by atoms with Crippen LogP contribution in [0.3, 0.4) is 0 Å². The normalized spacial score (nSPS) is 11.3. The van der Waals surface area contributed by atoms with Crippen LogP contribution in [0.15, 0.2) is 18.3 Å². The number of halogens is 1. The average Bonchev–Trinajstić information content (AvgIpc) is 2.98. The Morgan fingerprint density at radius 2 is 2.25 bits per heavy atom. The van der Waals surface area contributed by atoms with E-state index in [4.69, 9.17) is 12.2 Å². The molecule has 2 heterocycles. The number of imidazole rings is 1. The van der Waals surface area contributed by atoms with E-state index in [1.165, 1.54) is 10.9 Å². The van der Waals surface area contributed by atoms with Gasteiger partial charge in [-0.2, -0.15) is 0 Å². The number of aryl methyl sites for hydroxylation is 2. The lowest BCUT2D eigenvalue weighted by Crippen LogP contribution is -1.99. The summed E-state index contributed by atoms with van der Waals surface area (Å²) >= 11 is 7.03. The fraction of sp³-hybridized carbons (Fsp3) is 0.286. The van der Waals surface area contributed by atoms with Crippen molar-refractivity contribution in [1.29, 1.82) is 0 Å². The van der Waals surface area contributed by atoms with E-state index < -0.39 is 0 Å². The molecule has 6 heteroatoms. The number of rotatable bonds is 3. The number of fused-ring (bicyclic) bond motifs is 1. The molecule has 0 aliphatic heterocycles. The van der Waals surface area contributed by atoms with E-state index in [0.29, 0.717) is 16.9 Å². The molecule has 0 radical (unpaired) electrons. The van der Waals surface area contributed by atoms with E-state index in [-0.39, 0.29) is 5.82 Å². The van der Waals surface area contributed by atoms with Crippen LogP contribution in [-0.2, 0) is 13.0 Å². The number of hydrogen-bond acceptors (Lipinski definition) is 3. The first-order chi connectivity index (χ1) is 9.58. The minimum Gasteiger partial charge on any atom is -0.330 e. The van der Waals surface area contributed by atoms with Crippen LogP contribution in [0.4, 0.5) is 4.39 Å². The molecule has 1 N–H and O–H groups in total. The zero-order valence-electron chi connectivity index (χ0n) is 11.2. The Hall–Kier alpha value is -1.53. The van der Waals surface area contributed by atoms with E-state index in [0.717, 1.165) is 22.5 Å². The number of benzene rings is 1. The van der Waals surface area contributed by atoms with Crippen molar-refractivity contribution in [2.75, 3.05) is 0 Å². The molecule has 0 unspecified atom stereocenters. The van der Waals surface area contributed by atoms with E-state index in [2.05, 4.69) is 16.9 Å². The Kier molecular flexibility index (Phi) is 3.43. The summed E-state index contributed by atoms with van der Waals surface area (Å²) in [7, 11) is 0. The molecule has 20 heavy (non-hydrogen) atoms. The predicted octanol–water partition coefficient (Wildman–Crippen LogP) is 4.21. The van der Waals surface area contributed by atoms with Gasteiger partial charge >= 0.3 is 0 Å². The molecule has 3 aromatic rings. The molecule has 0 fully saturated rings. The Morgan fingerprint density at radius 1 is 1.45 bits per heavy atom. The van der Waals surface area contributed by atoms with Crippen LogP contribution >= 0.6 is 23.6 Å². The number of aromatic nitrogens is 3. The molecule has 0 atom stereocenters. The maximum Gasteiger partial charge on any atom is 0.178 e. The van der Waals surface area contributed by atoms with Gasteiger partial charge in [0.1, 0.15) is 10.8 Å². The molecule has 1 aromatic carbocycles. The first kappa shape index (κ1) is 13.5. The second kappa shape index (κ2) is 5.10. The number of nitrogens with one attached hydrogen (secondary N) is 1. The highest BCUT2D eigenvalue weighted by molar-refractivity contribution is 7.71. The van der Waals surface area contributed by atoms with E-state index in [1.807, 2.05) is 16.8 Å². The molecular formula is C14H14FN3S2. The molecule has 3 rings (SSSR count). The lowest BCUT2D eigenvalue weighted by Gasteiger charge is -2.03. The third kappa shape index (κ3) is 2.29. The van der Waals surface area contributed by atoms with Crippen molar-refractivity contribution in [3.05, 3.63) is 44.4 Å². The zero-order valence-corrected chi connectivity index (χ0v) is 12.9. The van der Waals surface area contributed by atoms with Crippen molar-refractivity contribution in [3.63, 3.8) is 0 Å². The standard InChI is InChI=1S/C14H14FN3S2/c1-3-9-6-16-13(20-9)7-18-12-4-8(2)10(15)5-11(12)17-14(18)19/h4-6H,3,7H2,1-2H3,(H,17,19). The Labute approximate surface area is 125 Å². The highest BCUT2D eigenvalue weighted by Gasteiger charge is 2.10. The van der Waals surface area contributed by atoms with Crippen molar-refractivity contribution in [1.82, 2.24) is 14.5 Å². The number of thiazole rings is 1. The summed E-state index contributed by atoms with van der Waals surface area (Å²) < 4.78 is 16.2. The van der Waals surface area contributed by atoms with Gasteiger partial charge in [0.25, 0.3) is 0 Å². The largest absolute Gasteiger partial charge is 0.330 e. The van der Waals surface area contributed by atoms with Crippen molar-refractivity contribution >= 4 is 34.6 Å². The van der Waals surface area contributed by atoms with Crippen LogP contribution in [0.1, 0.15) is 22.4 Å². The summed E-state index contributed by atoms with van der Waals surface area (Å²) in [5.41, 5.74) is 2.26. The zero-order chi connectivity index (χ0) is 14.3. The fourth-order valence-corrected chi connectivity index (χ4v) is 3.28. The van der Waals surface area contributed by atoms with Gasteiger partial charge in [-0.25, -0.2) is 9.37 Å². The summed E-state index contributed by atoms with van der Waals surface area (Å²) in [6.45, 7) is 4.49. The minimum absolute atomic E-state index is 0.219. The van der Waals surface area contributed by atoms with Gasteiger partial charge in [0.15, 0.2) is 4.77 Å². The number of nitrogens with zero attached hydrogens (tertiary/aromatic N) is 2. The maximum absolute atomic E-state index is 13.6. The Balaban J connectivity index is 2.08. The number of aromatic amines is 1. The van der Waals surface area contributed by atoms with Crippen LogP contribution in [0.2, 0.25) is 0 Å². The molecule has 3 nitrogen and oxygen atoms in total. The number of H-pyrrole nitrogens is 1. The van der Waals surface area contributed by atoms with Crippen LogP contribution in [0, 0.1) is 17.5 Å². The monoisotopic (exact) mass is 307 g/mol. The van der Waals surface area contributed by atoms with Crippen LogP contribution < -0.4 is 0 Å². The molecule has 0 aliphatic rings. The van der Waals surface area contributed by atoms with Gasteiger partial charge in [-0.1, -0.05) is 6.92 Å². The highest BCUT2D eigenvalue weighted by Crippen LogP contribution is 2.21. The van der Waals surface area contributed by atoms with Crippen molar-refractivity contribution in [2.45, 2.75) is 26.8 Å². The van der Waals surface area contributed by atoms with Crippen LogP contribution in [-0.4, -0.2) is 14.5 Å². The lowest BCUT2D eigenvalue weighted by molar-refractivity contribution is 0.620. The predicted molar refractivity (Wildman–Crippen MR) is 82.4 cm³/mol. The average molecular weight is 307 g/mol. The van der Waals surface area contributed by atoms with Crippen LogP contribution in [0.25, 0.3) is 11.0 Å². The van der Waals surface area contributed by atoms with E-state index in [1.54, 1.807) is 18.3 Å². The second-order valence-corrected chi connectivity index (χ2v) is 6.30. The second-order valence-electron chi connectivity index (χ2n) is 4.71. The molecule has 0 spiro atoms. The molecular weight excluding hydrogens is 293 g/mol. The summed E-state index contributed by atoms with van der Waals surface area (Å²) in [4.78, 5) is 8.72. The van der Waals surface area contributed by atoms with Crippen molar-refractivity contribution < 1.29 is 4.39 Å². The van der Waals surface area contributed by atoms with Gasteiger partial charge in [0.05, 0.1) is 17.6 Å². The molecule has 104 valence electrons. The molecule has 0 aliphatic carbocycles. The summed E-state index contributed by atoms with van der Waals surface area (Å²) in [5, 5.41) is 1.01. The van der Waals surface area contributed by atoms with Gasteiger partial charge in [0, 0.05) is 11.1 Å². The van der Waals surface area contributed by atoms with Crippen LogP contribution in [0.5, 0.6) is 0 Å². The van der Waals surface area contributed by atoms with Crippen molar-refractivity contribution in [2.24, 2.45) is 0 Å². The quantitative estimate of drug-likeness (QED) is 0.735. The van der Waals surface area contributed by atoms with E-state index in [9.17, 15) is 4.39 Å². The van der Waals surface area contributed by atoms with Gasteiger partial charge in [-0.05, 0) is 43.3 Å². The summed E-state index contributed by atoms with van der Waals surface area (Å²) in [6, 6.07) is 3.32. The van der Waals surface area contributed by atoms with Gasteiger partial charge < -0.3 is 9.55 Å². The topological polar surface area (TPSA) is 33.6 Å². The first-order valence-electron chi connectivity index (χ1n) is 6.40. The van der Waals surface area contributed by atoms with Gasteiger partial charge in [-0.15, -0.1) is 11.3 Å². The fourth-order valence-electron chi connectivity index (χ4n) is 2.16. The van der Waals surface area contributed by atoms with Gasteiger partial charge in [-0.3, -0.25) is 0 Å². The van der Waals surface area contributed by atoms with E-state index >= 15 is 0 Å². The smallest absolute Gasteiger partial charge is 0.178 e. The molecule has 0 amide bonds. The molecule has 0 bridgehead atoms. The molecule has 0 saturated heterocycles. The minimum atomic E-state index is -0.219. The van der Waals surface area contributed by atoms with Crippen molar-refractivity contribution in [3.8, 4) is 0 Å². The summed E-state index contributed by atoms with van der Waals surface area (Å²) in [5.74, 6) is -0.219. The lowest BCUT2D eigenvalue weighted by atomic mass is 10.2. The van der Waals surface area contributed by atoms with Gasteiger partial charge in [0.2, 0.25) is 0 Å². The highest BCUT2D eigenvalue weighted by atomic mass is 32.1. The Morgan fingerprint density at radius 3 is 2.95 bits per heavy atom. The maximum atomic E-state index is 13.6. The summed E-state index contributed by atoms with van der Waals surface area (Å²) in [6.07, 6.45) is 2.89. The third-order valence-electron chi connectivity index (χ3n) is 3.30. The molecule has 2 aromatic heterocycles. The molecule has 0 saturated carbocycles. The third-order valence-corrected chi connectivity index (χ3v) is 4.75. The SMILES string of the molecule is CCc1cnc(Cn2c(=S)[nH]c3cc(F)c(C)cc32)s1. The number of hydrogen-bond donors (Lipinski definition) is 1.